The van der Waals surface area contributed by atoms with Gasteiger partial charge in [-0.25, -0.2) is 0 Å². The van der Waals surface area contributed by atoms with E-state index in [2.05, 4.69) is 25.6 Å². The average molecular weight is 637 g/mol. The minimum absolute atomic E-state index is 0.0999. The Bertz CT molecular complexity index is 1620. The standard InChI is InChI=1S/C33H40N12O2/c34-22-13-23(35)17-44(16-22)32-41-31(42-33(43-32)45-18-24(36)14-25(37)19-45)40-27-10-6-21(7-11-27)29(46)15-30(47)39-26-8-4-20(5-9-26)28-3-1-2-12-38-28/h1-12,22-25H,13-19,34-37H2,(H,39,47)(H,40,41,42,43)/t22-,23+,24-,25+. The molecule has 2 fully saturated rings. The first-order valence-corrected chi connectivity index (χ1v) is 15.7. The molecule has 0 aliphatic carbocycles. The molecule has 244 valence electrons. The van der Waals surface area contributed by atoms with Gasteiger partial charge in [0.05, 0.1) is 12.1 Å². The molecule has 0 saturated carbocycles. The molecule has 2 aromatic heterocycles. The first-order valence-electron chi connectivity index (χ1n) is 15.7. The second-order valence-electron chi connectivity index (χ2n) is 12.2. The number of carbonyl (C=O) groups is 2. The van der Waals surface area contributed by atoms with Crippen LogP contribution in [0.2, 0.25) is 0 Å². The monoisotopic (exact) mass is 636 g/mol. The number of anilines is 5. The van der Waals surface area contributed by atoms with Crippen LogP contribution in [0.25, 0.3) is 11.3 Å². The van der Waals surface area contributed by atoms with Crippen molar-refractivity contribution in [2.75, 3.05) is 46.6 Å². The highest BCUT2D eigenvalue weighted by molar-refractivity contribution is 6.11. The molecule has 0 radical (unpaired) electrons. The van der Waals surface area contributed by atoms with E-state index in [0.717, 1.165) is 24.1 Å². The highest BCUT2D eigenvalue weighted by atomic mass is 16.2. The van der Waals surface area contributed by atoms with Crippen molar-refractivity contribution >= 4 is 40.9 Å². The van der Waals surface area contributed by atoms with Crippen molar-refractivity contribution in [3.8, 4) is 11.3 Å². The summed E-state index contributed by atoms with van der Waals surface area (Å²) in [5.74, 6) is 0.528. The van der Waals surface area contributed by atoms with Gasteiger partial charge in [0.15, 0.2) is 5.78 Å². The van der Waals surface area contributed by atoms with E-state index >= 15 is 0 Å². The maximum Gasteiger partial charge on any atom is 0.233 e. The van der Waals surface area contributed by atoms with Crippen molar-refractivity contribution < 1.29 is 9.59 Å². The molecule has 4 atom stereocenters. The maximum absolute atomic E-state index is 12.9. The van der Waals surface area contributed by atoms with Crippen molar-refractivity contribution in [3.05, 3.63) is 78.5 Å². The Balaban J connectivity index is 1.12. The zero-order valence-electron chi connectivity index (χ0n) is 26.0. The second-order valence-corrected chi connectivity index (χ2v) is 12.2. The number of aromatic nitrogens is 4. The van der Waals surface area contributed by atoms with Crippen molar-refractivity contribution in [1.82, 2.24) is 19.9 Å². The number of nitrogens with two attached hydrogens (primary N) is 4. The molecule has 1 amide bonds. The van der Waals surface area contributed by atoms with Crippen LogP contribution in [0.1, 0.15) is 29.6 Å². The first kappa shape index (κ1) is 31.9. The fourth-order valence-corrected chi connectivity index (χ4v) is 5.96. The summed E-state index contributed by atoms with van der Waals surface area (Å²) < 4.78 is 0. The van der Waals surface area contributed by atoms with Crippen LogP contribution in [-0.4, -0.2) is 82.0 Å². The minimum atomic E-state index is -0.401. The summed E-state index contributed by atoms with van der Waals surface area (Å²) in [5.41, 5.74) is 28.5. The van der Waals surface area contributed by atoms with Crippen LogP contribution >= 0.6 is 0 Å². The molecular weight excluding hydrogens is 596 g/mol. The highest BCUT2D eigenvalue weighted by Gasteiger charge is 2.29. The van der Waals surface area contributed by atoms with Crippen molar-refractivity contribution in [2.45, 2.75) is 43.4 Å². The van der Waals surface area contributed by atoms with Crippen LogP contribution in [0.5, 0.6) is 0 Å². The number of hydrogen-bond donors (Lipinski definition) is 6. The summed E-state index contributed by atoms with van der Waals surface area (Å²) in [6, 6.07) is 19.4. The topological polar surface area (TPSA) is 220 Å². The van der Waals surface area contributed by atoms with Gasteiger partial charge < -0.3 is 43.4 Å². The summed E-state index contributed by atoms with van der Waals surface area (Å²) in [4.78, 5) is 48.0. The number of amides is 1. The minimum Gasteiger partial charge on any atom is -0.338 e. The summed E-state index contributed by atoms with van der Waals surface area (Å²) >= 11 is 0. The molecule has 47 heavy (non-hydrogen) atoms. The maximum atomic E-state index is 12.9. The molecule has 14 nitrogen and oxygen atoms in total. The Morgan fingerprint density at radius 2 is 1.26 bits per heavy atom. The van der Waals surface area contributed by atoms with Gasteiger partial charge in [0.1, 0.15) is 0 Å². The molecule has 4 aromatic rings. The molecule has 0 spiro atoms. The van der Waals surface area contributed by atoms with Crippen molar-refractivity contribution in [2.24, 2.45) is 22.9 Å². The number of hydrogen-bond acceptors (Lipinski definition) is 13. The van der Waals surface area contributed by atoms with Gasteiger partial charge in [-0.3, -0.25) is 14.6 Å². The van der Waals surface area contributed by atoms with E-state index in [1.54, 1.807) is 42.6 Å². The van der Waals surface area contributed by atoms with Crippen LogP contribution in [0.15, 0.2) is 72.9 Å². The van der Waals surface area contributed by atoms with E-state index in [9.17, 15) is 9.59 Å². The normalized spacial score (nSPS) is 21.3. The predicted molar refractivity (Wildman–Crippen MR) is 182 cm³/mol. The lowest BCUT2D eigenvalue weighted by Gasteiger charge is -2.37. The van der Waals surface area contributed by atoms with Gasteiger partial charge in [-0.1, -0.05) is 18.2 Å². The molecule has 2 saturated heterocycles. The quantitative estimate of drug-likeness (QED) is 0.114. The first-order chi connectivity index (χ1) is 22.7. The van der Waals surface area contributed by atoms with Gasteiger partial charge in [0.2, 0.25) is 23.8 Å². The van der Waals surface area contributed by atoms with Gasteiger partial charge in [0.25, 0.3) is 0 Å². The Morgan fingerprint density at radius 1 is 0.702 bits per heavy atom. The van der Waals surface area contributed by atoms with E-state index in [-0.39, 0.29) is 36.4 Å². The second kappa shape index (κ2) is 14.2. The zero-order valence-corrected chi connectivity index (χ0v) is 26.0. The Labute approximate surface area is 273 Å². The lowest BCUT2D eigenvalue weighted by molar-refractivity contribution is -0.115. The van der Waals surface area contributed by atoms with Gasteiger partial charge in [-0.05, 0) is 61.4 Å². The SMILES string of the molecule is N[C@@H]1C[C@H](N)CN(c2nc(Nc3ccc(C(=O)CC(=O)Nc4ccc(-c5ccccn5)cc4)cc3)nc(N3C[C@H](N)C[C@H](N)C3)n2)C1. The number of Topliss-reactive ketones (excluding diaryl/α,β-unsaturated/α-hetero) is 1. The van der Waals surface area contributed by atoms with E-state index in [0.29, 0.717) is 61.0 Å². The molecule has 2 aliphatic rings. The van der Waals surface area contributed by atoms with Gasteiger partial charge in [-0.15, -0.1) is 0 Å². The number of ketones is 1. The fraction of sp³-hybridized carbons (Fsp3) is 0.333. The Hall–Kier alpha value is -5.02. The van der Waals surface area contributed by atoms with E-state index < -0.39 is 5.91 Å². The van der Waals surface area contributed by atoms with Gasteiger partial charge in [-0.2, -0.15) is 15.0 Å². The fourth-order valence-electron chi connectivity index (χ4n) is 5.96. The molecule has 2 aromatic carbocycles. The third kappa shape index (κ3) is 8.23. The molecule has 0 unspecified atom stereocenters. The molecule has 6 rings (SSSR count). The largest absolute Gasteiger partial charge is 0.338 e. The average Bonchev–Trinajstić information content (AvgIpc) is 3.05. The Kier molecular flexibility index (Phi) is 9.63. The Morgan fingerprint density at radius 3 is 1.79 bits per heavy atom. The highest BCUT2D eigenvalue weighted by Crippen LogP contribution is 2.24. The molecular formula is C33H40N12O2. The van der Waals surface area contributed by atoms with Crippen LogP contribution in [0.3, 0.4) is 0 Å². The van der Waals surface area contributed by atoms with Gasteiger partial charge >= 0.3 is 0 Å². The lowest BCUT2D eigenvalue weighted by atomic mass is 10.0. The zero-order chi connectivity index (χ0) is 32.9. The summed E-state index contributed by atoms with van der Waals surface area (Å²) in [6.07, 6.45) is 2.88. The third-order valence-corrected chi connectivity index (χ3v) is 8.12. The van der Waals surface area contributed by atoms with Crippen LogP contribution in [-0.2, 0) is 4.79 Å². The molecule has 4 heterocycles. The lowest BCUT2D eigenvalue weighted by Crippen LogP contribution is -2.54. The summed E-state index contributed by atoms with van der Waals surface area (Å²) in [5, 5.41) is 6.01. The van der Waals surface area contributed by atoms with Crippen molar-refractivity contribution in [1.29, 1.82) is 0 Å². The number of benzene rings is 2. The van der Waals surface area contributed by atoms with Crippen LogP contribution < -0.4 is 43.4 Å². The third-order valence-electron chi connectivity index (χ3n) is 8.12. The van der Waals surface area contributed by atoms with E-state index in [1.165, 1.54) is 0 Å². The van der Waals surface area contributed by atoms with E-state index in [1.807, 2.05) is 40.1 Å². The van der Waals surface area contributed by atoms with E-state index in [4.69, 9.17) is 27.9 Å². The number of nitrogens with one attached hydrogen (secondary N) is 2. The number of nitrogens with zero attached hydrogens (tertiary/aromatic N) is 6. The van der Waals surface area contributed by atoms with Gasteiger partial charge in [0, 0.05) is 79.0 Å². The summed E-state index contributed by atoms with van der Waals surface area (Å²) in [6.45, 7) is 2.26. The van der Waals surface area contributed by atoms with Crippen LogP contribution in [0, 0.1) is 0 Å². The number of rotatable bonds is 9. The molecule has 14 heteroatoms. The number of pyridine rings is 1. The number of carbonyl (C=O) groups excluding carboxylic acids is 2. The van der Waals surface area contributed by atoms with Crippen molar-refractivity contribution in [3.63, 3.8) is 0 Å². The van der Waals surface area contributed by atoms with Crippen LogP contribution in [0.4, 0.5) is 29.2 Å². The molecule has 2 aliphatic heterocycles. The number of piperidine rings is 2. The molecule has 0 bridgehead atoms. The smallest absolute Gasteiger partial charge is 0.233 e. The predicted octanol–water partition coefficient (Wildman–Crippen LogP) is 1.62. The summed E-state index contributed by atoms with van der Waals surface area (Å²) in [7, 11) is 0. The molecule has 10 N–H and O–H groups in total.